The highest BCUT2D eigenvalue weighted by Gasteiger charge is 2.09. The van der Waals surface area contributed by atoms with E-state index < -0.39 is 0 Å². The lowest BCUT2D eigenvalue weighted by Gasteiger charge is -2.10. The number of hydrogen-bond donors (Lipinski definition) is 4. The number of aromatic hydroxyl groups is 1. The van der Waals surface area contributed by atoms with Crippen molar-refractivity contribution in [3.63, 3.8) is 0 Å². The van der Waals surface area contributed by atoms with E-state index in [2.05, 4.69) is 36.1 Å². The standard InChI is InChI=1S/C22H19Cl2N7O3/c1-33-16-6-4-15(5-7-16)27-21-28-20(25-12-17-3-2-8-34-17)29-22(30-21)31-26-11-13-9-14(23)10-18(24)19(13)32/h2-11,32H,12H2,1H3,(H3,25,27,28,29,30,31). The van der Waals surface area contributed by atoms with Gasteiger partial charge in [0, 0.05) is 16.3 Å². The molecule has 0 spiro atoms. The van der Waals surface area contributed by atoms with Gasteiger partial charge >= 0.3 is 0 Å². The van der Waals surface area contributed by atoms with Gasteiger partial charge in [0.05, 0.1) is 31.2 Å². The van der Waals surface area contributed by atoms with Crippen LogP contribution in [0.1, 0.15) is 11.3 Å². The summed E-state index contributed by atoms with van der Waals surface area (Å²) in [5.41, 5.74) is 3.80. The van der Waals surface area contributed by atoms with Crippen molar-refractivity contribution in [2.45, 2.75) is 6.54 Å². The molecule has 0 amide bonds. The van der Waals surface area contributed by atoms with Crippen LogP contribution in [0.15, 0.2) is 64.3 Å². The summed E-state index contributed by atoms with van der Waals surface area (Å²) in [5, 5.41) is 20.8. The minimum Gasteiger partial charge on any atom is -0.506 e. The van der Waals surface area contributed by atoms with Gasteiger partial charge in [-0.1, -0.05) is 23.2 Å². The first kappa shape index (κ1) is 23.1. The Morgan fingerprint density at radius 3 is 2.56 bits per heavy atom. The van der Waals surface area contributed by atoms with Gasteiger partial charge in [-0.05, 0) is 48.5 Å². The van der Waals surface area contributed by atoms with E-state index in [9.17, 15) is 5.11 Å². The molecule has 10 nitrogen and oxygen atoms in total. The highest BCUT2D eigenvalue weighted by atomic mass is 35.5. The first-order valence-corrected chi connectivity index (χ1v) is 10.7. The van der Waals surface area contributed by atoms with Crippen LogP contribution in [0.3, 0.4) is 0 Å². The lowest BCUT2D eigenvalue weighted by Crippen LogP contribution is -2.09. The molecular formula is C22H19Cl2N7O3. The van der Waals surface area contributed by atoms with Crippen molar-refractivity contribution in [1.82, 2.24) is 15.0 Å². The van der Waals surface area contributed by atoms with E-state index in [-0.39, 0.29) is 28.6 Å². The molecule has 0 atom stereocenters. The van der Waals surface area contributed by atoms with Crippen LogP contribution in [0.4, 0.5) is 23.5 Å². The van der Waals surface area contributed by atoms with Crippen LogP contribution in [-0.2, 0) is 6.54 Å². The quantitative estimate of drug-likeness (QED) is 0.179. The fourth-order valence-corrected chi connectivity index (χ4v) is 3.30. The molecule has 0 saturated heterocycles. The third-order valence-corrected chi connectivity index (χ3v) is 4.91. The lowest BCUT2D eigenvalue weighted by atomic mass is 10.2. The Morgan fingerprint density at radius 2 is 1.82 bits per heavy atom. The molecule has 0 fully saturated rings. The molecule has 2 aromatic carbocycles. The van der Waals surface area contributed by atoms with Crippen molar-refractivity contribution in [1.29, 1.82) is 0 Å². The number of furan rings is 1. The third kappa shape index (κ3) is 6.06. The zero-order valence-electron chi connectivity index (χ0n) is 17.8. The molecule has 4 rings (SSSR count). The Balaban J connectivity index is 1.55. The molecule has 12 heteroatoms. The Kier molecular flexibility index (Phi) is 7.31. The monoisotopic (exact) mass is 499 g/mol. The second-order valence-corrected chi connectivity index (χ2v) is 7.63. The summed E-state index contributed by atoms with van der Waals surface area (Å²) in [6, 6.07) is 13.9. The summed E-state index contributed by atoms with van der Waals surface area (Å²) in [6.07, 6.45) is 2.93. The normalized spacial score (nSPS) is 10.9. The molecule has 0 bridgehead atoms. The van der Waals surface area contributed by atoms with E-state index in [4.69, 9.17) is 32.4 Å². The van der Waals surface area contributed by atoms with Crippen LogP contribution in [0.2, 0.25) is 10.0 Å². The van der Waals surface area contributed by atoms with Gasteiger partial charge in [0.2, 0.25) is 17.8 Å². The SMILES string of the molecule is COc1ccc(Nc2nc(NCc3ccco3)nc(NN=Cc3cc(Cl)cc(Cl)c3O)n2)cc1. The number of benzene rings is 2. The van der Waals surface area contributed by atoms with Gasteiger partial charge in [-0.25, -0.2) is 5.43 Å². The zero-order chi connectivity index (χ0) is 23.9. The third-order valence-electron chi connectivity index (χ3n) is 4.41. The maximum Gasteiger partial charge on any atom is 0.250 e. The van der Waals surface area contributed by atoms with E-state index in [1.807, 2.05) is 30.3 Å². The number of hydrogen-bond acceptors (Lipinski definition) is 10. The van der Waals surface area contributed by atoms with Crippen molar-refractivity contribution in [3.05, 3.63) is 76.2 Å². The van der Waals surface area contributed by atoms with Gasteiger partial charge in [0.1, 0.15) is 17.3 Å². The van der Waals surface area contributed by atoms with Crippen molar-refractivity contribution in [2.24, 2.45) is 5.10 Å². The first-order valence-electron chi connectivity index (χ1n) is 9.90. The zero-order valence-corrected chi connectivity index (χ0v) is 19.3. The number of rotatable bonds is 9. The summed E-state index contributed by atoms with van der Waals surface area (Å²) in [6.45, 7) is 0.372. The number of halogens is 2. The van der Waals surface area contributed by atoms with Crippen molar-refractivity contribution < 1.29 is 14.3 Å². The Labute approximate surface area is 204 Å². The number of methoxy groups -OCH3 is 1. The molecule has 0 aliphatic rings. The number of aromatic nitrogens is 3. The molecule has 4 N–H and O–H groups in total. The van der Waals surface area contributed by atoms with Gasteiger partial charge in [-0.3, -0.25) is 0 Å². The minimum absolute atomic E-state index is 0.115. The number of nitrogens with zero attached hydrogens (tertiary/aromatic N) is 4. The average molecular weight is 500 g/mol. The lowest BCUT2D eigenvalue weighted by molar-refractivity contribution is 0.415. The van der Waals surface area contributed by atoms with Crippen molar-refractivity contribution in [3.8, 4) is 11.5 Å². The van der Waals surface area contributed by atoms with E-state index in [0.29, 0.717) is 22.9 Å². The Morgan fingerprint density at radius 1 is 1.06 bits per heavy atom. The van der Waals surface area contributed by atoms with Crippen LogP contribution >= 0.6 is 23.2 Å². The molecule has 34 heavy (non-hydrogen) atoms. The molecule has 4 aromatic rings. The topological polar surface area (TPSA) is 130 Å². The number of phenols is 1. The predicted octanol–water partition coefficient (Wildman–Crippen LogP) is 5.29. The highest BCUT2D eigenvalue weighted by molar-refractivity contribution is 6.36. The second kappa shape index (κ2) is 10.7. The van der Waals surface area contributed by atoms with Crippen LogP contribution < -0.4 is 20.8 Å². The molecule has 2 heterocycles. The predicted molar refractivity (Wildman–Crippen MR) is 131 cm³/mol. The van der Waals surface area contributed by atoms with Crippen LogP contribution in [0.5, 0.6) is 11.5 Å². The number of nitrogens with one attached hydrogen (secondary N) is 3. The first-order chi connectivity index (χ1) is 16.5. The van der Waals surface area contributed by atoms with E-state index in [0.717, 1.165) is 11.4 Å². The molecule has 0 saturated carbocycles. The largest absolute Gasteiger partial charge is 0.506 e. The number of anilines is 4. The maximum atomic E-state index is 10.1. The van der Waals surface area contributed by atoms with Gasteiger partial charge < -0.3 is 24.9 Å². The number of ether oxygens (including phenoxy) is 1. The fourth-order valence-electron chi connectivity index (χ4n) is 2.79. The van der Waals surface area contributed by atoms with E-state index in [1.54, 1.807) is 19.4 Å². The van der Waals surface area contributed by atoms with Gasteiger partial charge in [-0.15, -0.1) is 0 Å². The summed E-state index contributed by atoms with van der Waals surface area (Å²) < 4.78 is 10.5. The molecule has 0 aliphatic carbocycles. The average Bonchev–Trinajstić information content (AvgIpc) is 3.35. The number of hydrazone groups is 1. The minimum atomic E-state index is -0.144. The molecule has 0 unspecified atom stereocenters. The van der Waals surface area contributed by atoms with Crippen LogP contribution in [0.25, 0.3) is 0 Å². The molecule has 0 radical (unpaired) electrons. The van der Waals surface area contributed by atoms with Crippen LogP contribution in [0, 0.1) is 0 Å². The Hall–Kier alpha value is -4.02. The van der Waals surface area contributed by atoms with Gasteiger partial charge in [0.25, 0.3) is 0 Å². The Bertz CT molecular complexity index is 1280. The van der Waals surface area contributed by atoms with Gasteiger partial charge in [-0.2, -0.15) is 20.1 Å². The smallest absolute Gasteiger partial charge is 0.250 e. The molecule has 2 aromatic heterocycles. The highest BCUT2D eigenvalue weighted by Crippen LogP contribution is 2.30. The molecular weight excluding hydrogens is 481 g/mol. The molecule has 0 aliphatic heterocycles. The second-order valence-electron chi connectivity index (χ2n) is 6.79. The fraction of sp³-hybridized carbons (Fsp3) is 0.0909. The number of phenolic OH excluding ortho intramolecular Hbond substituents is 1. The van der Waals surface area contributed by atoms with Crippen molar-refractivity contribution in [2.75, 3.05) is 23.2 Å². The van der Waals surface area contributed by atoms with Gasteiger partial charge in [0.15, 0.2) is 0 Å². The summed E-state index contributed by atoms with van der Waals surface area (Å²) >= 11 is 11.9. The maximum absolute atomic E-state index is 10.1. The molecule has 174 valence electrons. The van der Waals surface area contributed by atoms with E-state index >= 15 is 0 Å². The summed E-state index contributed by atoms with van der Waals surface area (Å²) in [5.74, 6) is 2.00. The summed E-state index contributed by atoms with van der Waals surface area (Å²) in [7, 11) is 1.60. The summed E-state index contributed by atoms with van der Waals surface area (Å²) in [4.78, 5) is 13.0. The van der Waals surface area contributed by atoms with E-state index in [1.165, 1.54) is 18.3 Å². The van der Waals surface area contributed by atoms with Crippen molar-refractivity contribution >= 4 is 52.9 Å². The van der Waals surface area contributed by atoms with Crippen LogP contribution in [-0.4, -0.2) is 33.4 Å².